The van der Waals surface area contributed by atoms with Gasteiger partial charge in [-0.25, -0.2) is 0 Å². The predicted molar refractivity (Wildman–Crippen MR) is 80.7 cm³/mol. The van der Waals surface area contributed by atoms with Crippen molar-refractivity contribution in [1.82, 2.24) is 10.6 Å². The maximum atomic E-state index is 5.81. The average molecular weight is 277 g/mol. The number of aliphatic imine (C=N–C) groups is 1. The van der Waals surface area contributed by atoms with Gasteiger partial charge in [-0.1, -0.05) is 0 Å². The van der Waals surface area contributed by atoms with E-state index in [9.17, 15) is 0 Å². The van der Waals surface area contributed by atoms with Crippen LogP contribution >= 0.6 is 0 Å². The third kappa shape index (κ3) is 3.15. The zero-order valence-corrected chi connectivity index (χ0v) is 12.6. The van der Waals surface area contributed by atoms with E-state index in [1.165, 1.54) is 5.56 Å². The summed E-state index contributed by atoms with van der Waals surface area (Å²) < 4.78 is 11.6. The second kappa shape index (κ2) is 6.50. The van der Waals surface area contributed by atoms with Crippen LogP contribution in [-0.2, 0) is 13.0 Å². The van der Waals surface area contributed by atoms with Crippen molar-refractivity contribution in [2.45, 2.75) is 32.9 Å². The molecule has 2 rings (SSSR count). The van der Waals surface area contributed by atoms with Gasteiger partial charge in [-0.2, -0.15) is 0 Å². The number of fused-ring (bicyclic) bond motifs is 1. The molecule has 0 bridgehead atoms. The summed E-state index contributed by atoms with van der Waals surface area (Å²) in [5.74, 6) is 2.64. The summed E-state index contributed by atoms with van der Waals surface area (Å²) in [6.07, 6.45) is 1.19. The minimum absolute atomic E-state index is 0.243. The topological polar surface area (TPSA) is 54.9 Å². The molecule has 5 heteroatoms. The van der Waals surface area contributed by atoms with Gasteiger partial charge >= 0.3 is 0 Å². The normalized spacial score (nSPS) is 17.4. The summed E-state index contributed by atoms with van der Waals surface area (Å²) in [5.41, 5.74) is 2.30. The van der Waals surface area contributed by atoms with Gasteiger partial charge < -0.3 is 20.1 Å². The number of guanidine groups is 1. The number of rotatable bonds is 4. The van der Waals surface area contributed by atoms with Crippen molar-refractivity contribution in [2.24, 2.45) is 4.99 Å². The highest BCUT2D eigenvalue weighted by molar-refractivity contribution is 5.79. The van der Waals surface area contributed by atoms with Crippen molar-refractivity contribution in [3.63, 3.8) is 0 Å². The number of nitrogens with zero attached hydrogens (tertiary/aromatic N) is 1. The molecule has 5 nitrogen and oxygen atoms in total. The lowest BCUT2D eigenvalue weighted by Crippen LogP contribution is -2.34. The van der Waals surface area contributed by atoms with Crippen LogP contribution in [0.15, 0.2) is 17.1 Å². The van der Waals surface area contributed by atoms with Crippen molar-refractivity contribution in [3.8, 4) is 11.5 Å². The van der Waals surface area contributed by atoms with Crippen LogP contribution in [0.4, 0.5) is 0 Å². The first-order valence-electron chi connectivity index (χ1n) is 7.01. The second-order valence-electron chi connectivity index (χ2n) is 4.81. The van der Waals surface area contributed by atoms with Gasteiger partial charge in [-0.3, -0.25) is 4.99 Å². The smallest absolute Gasteiger partial charge is 0.190 e. The zero-order chi connectivity index (χ0) is 14.5. The van der Waals surface area contributed by atoms with Crippen molar-refractivity contribution < 1.29 is 9.47 Å². The Labute approximate surface area is 120 Å². The maximum Gasteiger partial charge on any atom is 0.190 e. The van der Waals surface area contributed by atoms with Crippen LogP contribution in [0.2, 0.25) is 0 Å². The van der Waals surface area contributed by atoms with Gasteiger partial charge in [0.1, 0.15) is 17.6 Å². The molecule has 1 aromatic rings. The van der Waals surface area contributed by atoms with Crippen molar-refractivity contribution >= 4 is 5.96 Å². The van der Waals surface area contributed by atoms with Gasteiger partial charge in [0.15, 0.2) is 5.96 Å². The first-order chi connectivity index (χ1) is 9.67. The molecule has 110 valence electrons. The third-order valence-electron chi connectivity index (χ3n) is 3.29. The number of benzene rings is 1. The molecule has 1 aliphatic rings. The van der Waals surface area contributed by atoms with Crippen molar-refractivity contribution in [2.75, 3.05) is 20.7 Å². The quantitative estimate of drug-likeness (QED) is 0.650. The van der Waals surface area contributed by atoms with Gasteiger partial charge in [0.2, 0.25) is 0 Å². The molecule has 1 atom stereocenters. The Morgan fingerprint density at radius 2 is 2.30 bits per heavy atom. The molecular formula is C15H23N3O2. The Hall–Kier alpha value is -1.91. The number of hydrogen-bond acceptors (Lipinski definition) is 3. The number of nitrogens with one attached hydrogen (secondary N) is 2. The minimum atomic E-state index is 0.243. The lowest BCUT2D eigenvalue weighted by molar-refractivity contribution is 0.254. The predicted octanol–water partition coefficient (Wildman–Crippen LogP) is 1.70. The number of hydrogen-bond donors (Lipinski definition) is 2. The van der Waals surface area contributed by atoms with E-state index in [-0.39, 0.29) is 6.10 Å². The largest absolute Gasteiger partial charge is 0.494 e. The highest BCUT2D eigenvalue weighted by Crippen LogP contribution is 2.35. The molecule has 2 N–H and O–H groups in total. The summed E-state index contributed by atoms with van der Waals surface area (Å²) in [6.45, 7) is 5.38. The van der Waals surface area contributed by atoms with Crippen molar-refractivity contribution in [1.29, 1.82) is 0 Å². The molecule has 0 spiro atoms. The minimum Gasteiger partial charge on any atom is -0.494 e. The molecule has 0 aliphatic carbocycles. The lowest BCUT2D eigenvalue weighted by Gasteiger charge is -2.14. The maximum absolute atomic E-state index is 5.81. The van der Waals surface area contributed by atoms with E-state index in [2.05, 4.69) is 34.7 Å². The fourth-order valence-electron chi connectivity index (χ4n) is 2.37. The fraction of sp³-hybridized carbons (Fsp3) is 0.533. The van der Waals surface area contributed by atoms with E-state index in [0.29, 0.717) is 13.2 Å². The van der Waals surface area contributed by atoms with E-state index in [4.69, 9.17) is 9.47 Å². The van der Waals surface area contributed by atoms with E-state index in [0.717, 1.165) is 29.4 Å². The molecule has 0 unspecified atom stereocenters. The number of ether oxygens (including phenoxy) is 2. The van der Waals surface area contributed by atoms with Crippen molar-refractivity contribution in [3.05, 3.63) is 23.3 Å². The summed E-state index contributed by atoms with van der Waals surface area (Å²) >= 11 is 0. The molecule has 0 aromatic heterocycles. The first kappa shape index (κ1) is 14.5. The molecule has 0 fully saturated rings. The first-order valence-corrected chi connectivity index (χ1v) is 7.01. The Morgan fingerprint density at radius 1 is 1.50 bits per heavy atom. The zero-order valence-electron chi connectivity index (χ0n) is 12.6. The monoisotopic (exact) mass is 277 g/mol. The molecule has 20 heavy (non-hydrogen) atoms. The van der Waals surface area contributed by atoms with E-state index in [1.807, 2.05) is 14.0 Å². The summed E-state index contributed by atoms with van der Waals surface area (Å²) in [7, 11) is 3.59. The summed E-state index contributed by atoms with van der Waals surface area (Å²) in [6, 6.07) is 4.17. The Morgan fingerprint density at radius 3 is 2.95 bits per heavy atom. The lowest BCUT2D eigenvalue weighted by atomic mass is 10.1. The molecule has 0 amide bonds. The molecule has 0 saturated heterocycles. The van der Waals surface area contributed by atoms with Crippen LogP contribution in [-0.4, -0.2) is 32.8 Å². The Kier molecular flexibility index (Phi) is 4.71. The van der Waals surface area contributed by atoms with Crippen LogP contribution in [0.1, 0.15) is 25.0 Å². The molecule has 0 radical (unpaired) electrons. The Balaban J connectivity index is 2.20. The summed E-state index contributed by atoms with van der Waals surface area (Å²) in [5, 5.41) is 6.24. The Bertz CT molecular complexity index is 500. The van der Waals surface area contributed by atoms with E-state index >= 15 is 0 Å². The van der Waals surface area contributed by atoms with Crippen LogP contribution in [0.5, 0.6) is 11.5 Å². The fourth-order valence-corrected chi connectivity index (χ4v) is 2.37. The van der Waals surface area contributed by atoms with E-state index in [1.54, 1.807) is 7.05 Å². The van der Waals surface area contributed by atoms with Gasteiger partial charge in [0, 0.05) is 38.2 Å². The van der Waals surface area contributed by atoms with Gasteiger partial charge in [0.25, 0.3) is 0 Å². The van der Waals surface area contributed by atoms with E-state index < -0.39 is 0 Å². The van der Waals surface area contributed by atoms with Crippen LogP contribution < -0.4 is 20.1 Å². The third-order valence-corrected chi connectivity index (χ3v) is 3.29. The molecule has 1 aliphatic heterocycles. The highest BCUT2D eigenvalue weighted by atomic mass is 16.5. The second-order valence-corrected chi connectivity index (χ2v) is 4.81. The van der Waals surface area contributed by atoms with Crippen LogP contribution in [0.3, 0.4) is 0 Å². The van der Waals surface area contributed by atoms with Crippen LogP contribution in [0, 0.1) is 0 Å². The van der Waals surface area contributed by atoms with Gasteiger partial charge in [-0.05, 0) is 26.0 Å². The summed E-state index contributed by atoms with van der Waals surface area (Å²) in [4.78, 5) is 4.10. The van der Waals surface area contributed by atoms with Gasteiger partial charge in [-0.15, -0.1) is 0 Å². The molecule has 0 saturated carbocycles. The average Bonchev–Trinajstić information content (AvgIpc) is 2.79. The molecular weight excluding hydrogens is 254 g/mol. The molecule has 1 heterocycles. The highest BCUT2D eigenvalue weighted by Gasteiger charge is 2.21. The van der Waals surface area contributed by atoms with Gasteiger partial charge in [0.05, 0.1) is 6.61 Å². The SMILES string of the molecule is CCOc1cc2c(cc1CNC(=NC)NC)O[C@@H](C)C2. The standard InChI is InChI=1S/C15H23N3O2/c1-5-19-13-7-11-6-10(2)20-14(11)8-12(13)9-18-15(16-3)17-4/h7-8,10H,5-6,9H2,1-4H3,(H2,16,17,18)/t10-/m0/s1. The molecule has 1 aromatic carbocycles. The van der Waals surface area contributed by atoms with Crippen LogP contribution in [0.25, 0.3) is 0 Å².